The lowest BCUT2D eigenvalue weighted by molar-refractivity contribution is -0.148. The van der Waals surface area contributed by atoms with Crippen molar-refractivity contribution in [3.8, 4) is 5.82 Å². The Morgan fingerprint density at radius 3 is 2.58 bits per heavy atom. The van der Waals surface area contributed by atoms with Crippen molar-refractivity contribution in [2.24, 2.45) is 11.3 Å². The minimum absolute atomic E-state index is 0.0478. The third kappa shape index (κ3) is 2.25. The first kappa shape index (κ1) is 16.7. The van der Waals surface area contributed by atoms with Crippen molar-refractivity contribution in [2.75, 3.05) is 18.0 Å². The van der Waals surface area contributed by atoms with Crippen molar-refractivity contribution in [3.63, 3.8) is 0 Å². The molecule has 0 saturated carbocycles. The predicted octanol–water partition coefficient (Wildman–Crippen LogP) is 3.78. The van der Waals surface area contributed by atoms with E-state index in [-0.39, 0.29) is 5.92 Å². The van der Waals surface area contributed by atoms with Crippen LogP contribution in [0.25, 0.3) is 16.8 Å². The van der Waals surface area contributed by atoms with Crippen LogP contribution >= 0.6 is 0 Å². The smallest absolute Gasteiger partial charge is 0.311 e. The van der Waals surface area contributed by atoms with Gasteiger partial charge in [-0.25, -0.2) is 0 Å². The molecule has 0 spiro atoms. The monoisotopic (exact) mass is 353 g/mol. The van der Waals surface area contributed by atoms with Crippen molar-refractivity contribution < 1.29 is 14.4 Å². The van der Waals surface area contributed by atoms with E-state index in [2.05, 4.69) is 26.8 Å². The second-order valence-electron chi connectivity index (χ2n) is 7.62. The molecule has 1 fully saturated rings. The number of hydrogen-bond donors (Lipinski definition) is 1. The molecule has 6 nitrogen and oxygen atoms in total. The molecule has 3 heterocycles. The maximum absolute atomic E-state index is 11.7. The van der Waals surface area contributed by atoms with Gasteiger partial charge in [-0.05, 0) is 51.0 Å². The van der Waals surface area contributed by atoms with Crippen LogP contribution in [0.3, 0.4) is 0 Å². The van der Waals surface area contributed by atoms with Gasteiger partial charge in [0, 0.05) is 24.5 Å². The lowest BCUT2D eigenvalue weighted by Gasteiger charge is -2.23. The molecule has 2 atom stereocenters. The fourth-order valence-electron chi connectivity index (χ4n) is 3.96. The van der Waals surface area contributed by atoms with E-state index in [4.69, 9.17) is 4.52 Å². The number of aromatic nitrogens is 2. The van der Waals surface area contributed by atoms with Gasteiger partial charge in [-0.1, -0.05) is 18.1 Å². The molecule has 26 heavy (non-hydrogen) atoms. The lowest BCUT2D eigenvalue weighted by atomic mass is 9.81. The zero-order valence-corrected chi connectivity index (χ0v) is 15.5. The second-order valence-corrected chi connectivity index (χ2v) is 7.62. The molecular formula is C20H23N3O3. The van der Waals surface area contributed by atoms with Crippen LogP contribution in [-0.4, -0.2) is 33.9 Å². The number of nitrogens with zero attached hydrogens (tertiary/aromatic N) is 3. The number of rotatable bonds is 3. The van der Waals surface area contributed by atoms with Crippen molar-refractivity contribution in [2.45, 2.75) is 27.7 Å². The van der Waals surface area contributed by atoms with E-state index < -0.39 is 11.4 Å². The number of carboxylic acid groups (broad SMARTS) is 1. The third-order valence-electron chi connectivity index (χ3n) is 5.87. The first-order chi connectivity index (χ1) is 12.3. The number of benzene rings is 1. The summed E-state index contributed by atoms with van der Waals surface area (Å²) < 4.78 is 7.80. The van der Waals surface area contributed by atoms with Crippen molar-refractivity contribution in [3.05, 3.63) is 41.7 Å². The number of fused-ring (bicyclic) bond motifs is 1. The van der Waals surface area contributed by atoms with Gasteiger partial charge in [0.15, 0.2) is 11.4 Å². The van der Waals surface area contributed by atoms with Crippen LogP contribution < -0.4 is 4.90 Å². The predicted molar refractivity (Wildman–Crippen MR) is 99.9 cm³/mol. The van der Waals surface area contributed by atoms with E-state index in [9.17, 15) is 9.90 Å². The highest BCUT2D eigenvalue weighted by Crippen LogP contribution is 2.41. The largest absolute Gasteiger partial charge is 0.481 e. The van der Waals surface area contributed by atoms with Gasteiger partial charge in [-0.15, -0.1) is 0 Å². The van der Waals surface area contributed by atoms with Crippen molar-refractivity contribution in [1.29, 1.82) is 0 Å². The average molecular weight is 353 g/mol. The van der Waals surface area contributed by atoms with Gasteiger partial charge in [0.05, 0.1) is 16.5 Å². The molecule has 0 bridgehead atoms. The van der Waals surface area contributed by atoms with Gasteiger partial charge >= 0.3 is 5.97 Å². The molecule has 2 aromatic heterocycles. The minimum atomic E-state index is -0.765. The highest BCUT2D eigenvalue weighted by atomic mass is 16.5. The number of aliphatic carboxylic acids is 1. The number of para-hydroxylation sites is 1. The summed E-state index contributed by atoms with van der Waals surface area (Å²) in [5.74, 6) is 0.0678. The molecule has 0 amide bonds. The van der Waals surface area contributed by atoms with Gasteiger partial charge in [0.1, 0.15) is 0 Å². The Morgan fingerprint density at radius 2 is 1.96 bits per heavy atom. The highest BCUT2D eigenvalue weighted by Gasteiger charge is 2.47. The summed E-state index contributed by atoms with van der Waals surface area (Å²) in [5.41, 5.74) is 3.03. The first-order valence-corrected chi connectivity index (χ1v) is 8.85. The van der Waals surface area contributed by atoms with Crippen molar-refractivity contribution >= 4 is 22.6 Å². The summed E-state index contributed by atoms with van der Waals surface area (Å²) in [6.07, 6.45) is 0. The Morgan fingerprint density at radius 1 is 1.27 bits per heavy atom. The van der Waals surface area contributed by atoms with Gasteiger partial charge in [0.2, 0.25) is 0 Å². The number of anilines is 1. The number of carbonyl (C=O) groups is 1. The zero-order valence-electron chi connectivity index (χ0n) is 15.5. The number of aryl methyl sites for hydroxylation is 2. The van der Waals surface area contributed by atoms with Gasteiger partial charge in [-0.2, -0.15) is 0 Å². The summed E-state index contributed by atoms with van der Waals surface area (Å²) in [4.78, 5) is 13.8. The van der Waals surface area contributed by atoms with Gasteiger partial charge in [-0.3, -0.25) is 9.36 Å². The molecule has 4 rings (SSSR count). The summed E-state index contributed by atoms with van der Waals surface area (Å²) in [5, 5.41) is 14.9. The lowest BCUT2D eigenvalue weighted by Crippen LogP contribution is -2.35. The Kier molecular flexibility index (Phi) is 3.61. The van der Waals surface area contributed by atoms with Crippen molar-refractivity contribution in [1.82, 2.24) is 9.72 Å². The molecule has 1 saturated heterocycles. The number of carboxylic acids is 1. The topological polar surface area (TPSA) is 71.5 Å². The maximum atomic E-state index is 11.7. The molecule has 1 aliphatic rings. The third-order valence-corrected chi connectivity index (χ3v) is 5.87. The first-order valence-electron chi connectivity index (χ1n) is 8.85. The molecule has 3 aromatic rings. The average Bonchev–Trinajstić information content (AvgIpc) is 3.25. The SMILES string of the molecule is Cc1ccc(C)n1-c1noc2c(N3C[C@H](C)[C@@](C)(C(=O)O)C3)cccc12. The minimum Gasteiger partial charge on any atom is -0.481 e. The second kappa shape index (κ2) is 5.62. The number of hydrogen-bond acceptors (Lipinski definition) is 4. The summed E-state index contributed by atoms with van der Waals surface area (Å²) in [7, 11) is 0. The van der Waals surface area contributed by atoms with E-state index in [0.717, 1.165) is 28.3 Å². The Hall–Kier alpha value is -2.76. The zero-order chi connectivity index (χ0) is 18.6. The van der Waals surface area contributed by atoms with Crippen LogP contribution in [0.5, 0.6) is 0 Å². The molecule has 136 valence electrons. The summed E-state index contributed by atoms with van der Waals surface area (Å²) in [6.45, 7) is 9.03. The Balaban J connectivity index is 1.81. The van der Waals surface area contributed by atoms with Crippen LogP contribution in [0.2, 0.25) is 0 Å². The molecular weight excluding hydrogens is 330 g/mol. The van der Waals surface area contributed by atoms with Crippen LogP contribution in [0, 0.1) is 25.2 Å². The van der Waals surface area contributed by atoms with E-state index >= 15 is 0 Å². The van der Waals surface area contributed by atoms with E-state index in [1.54, 1.807) is 0 Å². The molecule has 0 radical (unpaired) electrons. The summed E-state index contributed by atoms with van der Waals surface area (Å²) in [6, 6.07) is 10.1. The quantitative estimate of drug-likeness (QED) is 0.776. The molecule has 6 heteroatoms. The van der Waals surface area contributed by atoms with Crippen LogP contribution in [0.4, 0.5) is 5.69 Å². The molecule has 0 unspecified atom stereocenters. The fraction of sp³-hybridized carbons (Fsp3) is 0.400. The normalized spacial score (nSPS) is 23.1. The van der Waals surface area contributed by atoms with Crippen LogP contribution in [-0.2, 0) is 4.79 Å². The standard InChI is InChI=1S/C20H23N3O3/c1-12-10-22(11-20(12,4)19(24)25)16-7-5-6-15-17(16)26-21-18(15)23-13(2)8-9-14(23)3/h5-9,12H,10-11H2,1-4H3,(H,24,25)/t12-,20-/m0/s1. The molecule has 0 aliphatic carbocycles. The summed E-state index contributed by atoms with van der Waals surface area (Å²) >= 11 is 0. The van der Waals surface area contributed by atoms with E-state index in [1.165, 1.54) is 0 Å². The fourth-order valence-corrected chi connectivity index (χ4v) is 3.96. The molecule has 1 aliphatic heterocycles. The van der Waals surface area contributed by atoms with E-state index in [1.807, 2.05) is 45.9 Å². The van der Waals surface area contributed by atoms with Gasteiger partial charge in [0.25, 0.3) is 0 Å². The van der Waals surface area contributed by atoms with E-state index in [0.29, 0.717) is 18.7 Å². The molecule has 1 aromatic carbocycles. The van der Waals surface area contributed by atoms with Gasteiger partial charge < -0.3 is 14.5 Å². The van der Waals surface area contributed by atoms with Crippen LogP contribution in [0.1, 0.15) is 25.2 Å². The highest BCUT2D eigenvalue weighted by molar-refractivity contribution is 5.94. The molecule has 1 N–H and O–H groups in total. The van der Waals surface area contributed by atoms with Crippen LogP contribution in [0.15, 0.2) is 34.9 Å². The maximum Gasteiger partial charge on any atom is 0.311 e. The Bertz CT molecular complexity index is 984. The Labute approximate surface area is 152 Å².